The van der Waals surface area contributed by atoms with Gasteiger partial charge in [0, 0.05) is 32.2 Å². The topological polar surface area (TPSA) is 49.6 Å². The molecule has 1 saturated heterocycles. The van der Waals surface area contributed by atoms with E-state index in [1.54, 1.807) is 0 Å². The van der Waals surface area contributed by atoms with Crippen LogP contribution in [0.15, 0.2) is 6.07 Å². The van der Waals surface area contributed by atoms with Gasteiger partial charge in [0.2, 0.25) is 0 Å². The zero-order valence-electron chi connectivity index (χ0n) is 12.4. The molecule has 0 bridgehead atoms. The second-order valence-electron chi connectivity index (χ2n) is 5.69. The van der Waals surface area contributed by atoms with Crippen LogP contribution >= 0.6 is 11.3 Å². The average molecular weight is 303 g/mol. The molecule has 4 nitrogen and oxygen atoms in total. The Hall–Kier alpha value is -1.35. The maximum Gasteiger partial charge on any atom is 0.264 e. The van der Waals surface area contributed by atoms with Crippen LogP contribution < -0.4 is 5.73 Å². The maximum atomic E-state index is 12.6. The Bertz CT molecular complexity index is 586. The Morgan fingerprint density at radius 1 is 1.38 bits per heavy atom. The molecule has 1 aromatic rings. The molecular formula is C16H21N3OS. The second-order valence-corrected chi connectivity index (χ2v) is 6.74. The molecule has 1 aliphatic carbocycles. The number of aryl methyl sites for hydroxylation is 1. The van der Waals surface area contributed by atoms with Crippen molar-refractivity contribution in [3.05, 3.63) is 21.4 Å². The lowest BCUT2D eigenvalue weighted by Crippen LogP contribution is -2.49. The van der Waals surface area contributed by atoms with Crippen molar-refractivity contribution in [2.24, 2.45) is 5.73 Å². The van der Waals surface area contributed by atoms with Crippen molar-refractivity contribution in [1.82, 2.24) is 9.80 Å². The van der Waals surface area contributed by atoms with Gasteiger partial charge in [-0.3, -0.25) is 9.69 Å². The van der Waals surface area contributed by atoms with E-state index in [2.05, 4.69) is 16.7 Å². The van der Waals surface area contributed by atoms with Gasteiger partial charge in [0.25, 0.3) is 5.91 Å². The van der Waals surface area contributed by atoms with Gasteiger partial charge in [0.05, 0.1) is 16.3 Å². The van der Waals surface area contributed by atoms with E-state index in [-0.39, 0.29) is 5.91 Å². The van der Waals surface area contributed by atoms with E-state index in [0.717, 1.165) is 47.5 Å². The summed E-state index contributed by atoms with van der Waals surface area (Å²) in [7, 11) is 0. The van der Waals surface area contributed by atoms with Crippen molar-refractivity contribution in [2.45, 2.75) is 25.8 Å². The standard InChI is InChI=1S/C16H21N3OS/c1-12-11-15(21-14(12)3-2-6-17)16(20)19-9-7-18(8-10-19)13-4-5-13/h11,13H,4-10,17H2,1H3. The molecule has 0 radical (unpaired) electrons. The normalized spacial score (nSPS) is 19.2. The van der Waals surface area contributed by atoms with Crippen molar-refractivity contribution in [1.29, 1.82) is 0 Å². The summed E-state index contributed by atoms with van der Waals surface area (Å²) in [4.78, 5) is 18.8. The second kappa shape index (κ2) is 6.18. The highest BCUT2D eigenvalue weighted by molar-refractivity contribution is 7.14. The minimum absolute atomic E-state index is 0.152. The largest absolute Gasteiger partial charge is 0.335 e. The Morgan fingerprint density at radius 3 is 2.71 bits per heavy atom. The number of hydrogen-bond donors (Lipinski definition) is 1. The molecule has 1 aliphatic heterocycles. The summed E-state index contributed by atoms with van der Waals surface area (Å²) in [6.45, 7) is 6.07. The van der Waals surface area contributed by atoms with Crippen LogP contribution in [0.4, 0.5) is 0 Å². The Labute approximate surface area is 129 Å². The average Bonchev–Trinajstić information content (AvgIpc) is 3.29. The van der Waals surface area contributed by atoms with Crippen molar-refractivity contribution in [3.8, 4) is 11.8 Å². The molecule has 1 aromatic heterocycles. The summed E-state index contributed by atoms with van der Waals surface area (Å²) in [6.07, 6.45) is 2.67. The number of thiophene rings is 1. The number of carbonyl (C=O) groups is 1. The first kappa shape index (κ1) is 14.6. The smallest absolute Gasteiger partial charge is 0.264 e. The van der Waals surface area contributed by atoms with Gasteiger partial charge in [0.1, 0.15) is 0 Å². The number of rotatable bonds is 2. The number of nitrogens with two attached hydrogens (primary N) is 1. The van der Waals surface area contributed by atoms with Gasteiger partial charge in [-0.1, -0.05) is 11.8 Å². The highest BCUT2D eigenvalue weighted by Gasteiger charge is 2.32. The Morgan fingerprint density at radius 2 is 2.10 bits per heavy atom. The van der Waals surface area contributed by atoms with Crippen LogP contribution in [0.3, 0.4) is 0 Å². The molecule has 2 heterocycles. The first-order valence-electron chi connectivity index (χ1n) is 7.51. The van der Waals surface area contributed by atoms with E-state index in [4.69, 9.17) is 5.73 Å². The molecule has 3 rings (SSSR count). The lowest BCUT2D eigenvalue weighted by atomic mass is 10.2. The van der Waals surface area contributed by atoms with Gasteiger partial charge in [-0.2, -0.15) is 0 Å². The first-order chi connectivity index (χ1) is 10.2. The zero-order chi connectivity index (χ0) is 14.8. The Balaban J connectivity index is 1.65. The molecule has 112 valence electrons. The number of amides is 1. The van der Waals surface area contributed by atoms with Gasteiger partial charge in [0.15, 0.2) is 0 Å². The van der Waals surface area contributed by atoms with Crippen LogP contribution in [-0.2, 0) is 0 Å². The molecule has 1 saturated carbocycles. The van der Waals surface area contributed by atoms with Crippen LogP contribution in [0.5, 0.6) is 0 Å². The van der Waals surface area contributed by atoms with E-state index in [9.17, 15) is 4.79 Å². The molecule has 5 heteroatoms. The summed E-state index contributed by atoms with van der Waals surface area (Å²) in [5, 5.41) is 0. The van der Waals surface area contributed by atoms with Crippen LogP contribution in [0.25, 0.3) is 0 Å². The Kier molecular flexibility index (Phi) is 4.29. The minimum atomic E-state index is 0.152. The van der Waals surface area contributed by atoms with Gasteiger partial charge < -0.3 is 10.6 Å². The predicted octanol–water partition coefficient (Wildman–Crippen LogP) is 1.29. The zero-order valence-corrected chi connectivity index (χ0v) is 13.2. The SMILES string of the molecule is Cc1cc(C(=O)N2CCN(C3CC3)CC2)sc1C#CCN. The molecule has 2 aliphatic rings. The molecule has 0 aromatic carbocycles. The van der Waals surface area contributed by atoms with Gasteiger partial charge in [-0.05, 0) is 31.4 Å². The lowest BCUT2D eigenvalue weighted by Gasteiger charge is -2.34. The quantitative estimate of drug-likeness (QED) is 0.838. The molecule has 21 heavy (non-hydrogen) atoms. The summed E-state index contributed by atoms with van der Waals surface area (Å²) in [6, 6.07) is 2.75. The van der Waals surface area contributed by atoms with Gasteiger partial charge in [-0.15, -0.1) is 11.3 Å². The number of nitrogens with zero attached hydrogens (tertiary/aromatic N) is 2. The van der Waals surface area contributed by atoms with Crippen LogP contribution in [0, 0.1) is 18.8 Å². The van der Waals surface area contributed by atoms with Gasteiger partial charge >= 0.3 is 0 Å². The molecule has 2 N–H and O–H groups in total. The third-order valence-corrected chi connectivity index (χ3v) is 5.24. The number of carbonyl (C=O) groups excluding carboxylic acids is 1. The van der Waals surface area contributed by atoms with Crippen molar-refractivity contribution < 1.29 is 4.79 Å². The summed E-state index contributed by atoms with van der Waals surface area (Å²) in [5.41, 5.74) is 6.47. The fourth-order valence-corrected chi connectivity index (χ4v) is 3.74. The third kappa shape index (κ3) is 3.29. The predicted molar refractivity (Wildman–Crippen MR) is 85.5 cm³/mol. The molecule has 2 fully saturated rings. The third-order valence-electron chi connectivity index (χ3n) is 4.10. The van der Waals surface area contributed by atoms with E-state index < -0.39 is 0 Å². The highest BCUT2D eigenvalue weighted by Crippen LogP contribution is 2.28. The monoisotopic (exact) mass is 303 g/mol. The van der Waals surface area contributed by atoms with E-state index in [1.165, 1.54) is 24.2 Å². The number of piperazine rings is 1. The van der Waals surface area contributed by atoms with Gasteiger partial charge in [-0.25, -0.2) is 0 Å². The molecular weight excluding hydrogens is 282 g/mol. The van der Waals surface area contributed by atoms with Crippen LogP contribution in [0.1, 0.15) is 33.0 Å². The lowest BCUT2D eigenvalue weighted by molar-refractivity contribution is 0.0632. The summed E-state index contributed by atoms with van der Waals surface area (Å²) in [5.74, 6) is 6.06. The molecule has 0 unspecified atom stereocenters. The van der Waals surface area contributed by atoms with Crippen molar-refractivity contribution in [2.75, 3.05) is 32.7 Å². The summed E-state index contributed by atoms with van der Waals surface area (Å²) >= 11 is 1.49. The molecule has 0 spiro atoms. The van der Waals surface area contributed by atoms with E-state index in [1.807, 2.05) is 17.9 Å². The minimum Gasteiger partial charge on any atom is -0.335 e. The van der Waals surface area contributed by atoms with Crippen LogP contribution in [0.2, 0.25) is 0 Å². The summed E-state index contributed by atoms with van der Waals surface area (Å²) < 4.78 is 0. The van der Waals surface area contributed by atoms with Crippen molar-refractivity contribution in [3.63, 3.8) is 0 Å². The molecule has 1 amide bonds. The van der Waals surface area contributed by atoms with Crippen LogP contribution in [-0.4, -0.2) is 54.5 Å². The fraction of sp³-hybridized carbons (Fsp3) is 0.562. The fourth-order valence-electron chi connectivity index (χ4n) is 2.73. The van der Waals surface area contributed by atoms with E-state index >= 15 is 0 Å². The van der Waals surface area contributed by atoms with Crippen molar-refractivity contribution >= 4 is 17.2 Å². The van der Waals surface area contributed by atoms with E-state index in [0.29, 0.717) is 6.54 Å². The molecule has 0 atom stereocenters. The maximum absolute atomic E-state index is 12.6. The highest BCUT2D eigenvalue weighted by atomic mass is 32.1. The number of hydrogen-bond acceptors (Lipinski definition) is 4. The first-order valence-corrected chi connectivity index (χ1v) is 8.33.